The number of fused-ring (bicyclic) bond motifs is 1. The molecule has 3 aromatic rings. The van der Waals surface area contributed by atoms with Gasteiger partial charge in [0.05, 0.1) is 10.6 Å². The Kier molecular flexibility index (Phi) is 5.41. The fourth-order valence-corrected chi connectivity index (χ4v) is 2.47. The highest BCUT2D eigenvalue weighted by Gasteiger charge is 2.07. The molecule has 1 N–H and O–H groups in total. The lowest BCUT2D eigenvalue weighted by Gasteiger charge is -2.07. The van der Waals surface area contributed by atoms with Crippen molar-refractivity contribution in [3.63, 3.8) is 0 Å². The van der Waals surface area contributed by atoms with Crippen molar-refractivity contribution in [2.24, 2.45) is 5.10 Å². The number of amides is 1. The molecule has 1 amide bonds. The van der Waals surface area contributed by atoms with Gasteiger partial charge in [-0.25, -0.2) is 5.43 Å². The largest absolute Gasteiger partial charge is 0.484 e. The van der Waals surface area contributed by atoms with Crippen LogP contribution in [0.15, 0.2) is 71.8 Å². The molecule has 3 aromatic carbocycles. The molecule has 0 aromatic heterocycles. The maximum Gasteiger partial charge on any atom is 0.277 e. The van der Waals surface area contributed by atoms with Crippen molar-refractivity contribution in [2.45, 2.75) is 6.92 Å². The van der Waals surface area contributed by atoms with Crippen LogP contribution < -0.4 is 10.2 Å². The second-order valence-electron chi connectivity index (χ2n) is 5.83. The highest BCUT2D eigenvalue weighted by molar-refractivity contribution is 5.99. The minimum atomic E-state index is -0.470. The third kappa shape index (κ3) is 4.66. The summed E-state index contributed by atoms with van der Waals surface area (Å²) in [4.78, 5) is 22.1. The zero-order valence-electron chi connectivity index (χ0n) is 14.6. The second-order valence-corrected chi connectivity index (χ2v) is 5.83. The van der Waals surface area contributed by atoms with Crippen LogP contribution in [0, 0.1) is 10.1 Å². The van der Waals surface area contributed by atoms with Gasteiger partial charge >= 0.3 is 0 Å². The Labute approximate surface area is 155 Å². The van der Waals surface area contributed by atoms with E-state index in [1.807, 2.05) is 36.4 Å². The van der Waals surface area contributed by atoms with Crippen LogP contribution in [0.25, 0.3) is 10.8 Å². The van der Waals surface area contributed by atoms with Crippen LogP contribution in [0.5, 0.6) is 5.75 Å². The van der Waals surface area contributed by atoms with Gasteiger partial charge in [-0.15, -0.1) is 0 Å². The van der Waals surface area contributed by atoms with Crippen LogP contribution in [0.3, 0.4) is 0 Å². The number of carbonyl (C=O) groups excluding carboxylic acids is 1. The molecule has 7 heteroatoms. The summed E-state index contributed by atoms with van der Waals surface area (Å²) in [6, 6.07) is 19.4. The number of carbonyl (C=O) groups is 1. The Hall–Kier alpha value is -3.74. The number of hydrogen-bond acceptors (Lipinski definition) is 5. The van der Waals surface area contributed by atoms with E-state index in [9.17, 15) is 14.9 Å². The molecule has 136 valence electrons. The van der Waals surface area contributed by atoms with Crippen molar-refractivity contribution in [1.82, 2.24) is 5.43 Å². The van der Waals surface area contributed by atoms with Gasteiger partial charge in [0, 0.05) is 12.1 Å². The lowest BCUT2D eigenvalue weighted by atomic mass is 10.1. The van der Waals surface area contributed by atoms with Gasteiger partial charge in [-0.3, -0.25) is 14.9 Å². The molecule has 0 bridgehead atoms. The van der Waals surface area contributed by atoms with E-state index in [2.05, 4.69) is 10.5 Å². The Balaban J connectivity index is 1.56. The van der Waals surface area contributed by atoms with Crippen molar-refractivity contribution in [2.75, 3.05) is 6.61 Å². The zero-order valence-corrected chi connectivity index (χ0v) is 14.6. The summed E-state index contributed by atoms with van der Waals surface area (Å²) >= 11 is 0. The van der Waals surface area contributed by atoms with E-state index < -0.39 is 10.8 Å². The molecule has 0 aliphatic rings. The predicted octanol–water partition coefficient (Wildman–Crippen LogP) is 3.67. The molecule has 0 saturated heterocycles. The maximum atomic E-state index is 11.9. The maximum absolute atomic E-state index is 11.9. The van der Waals surface area contributed by atoms with Crippen LogP contribution in [-0.4, -0.2) is 23.1 Å². The number of nitrogens with zero attached hydrogens (tertiary/aromatic N) is 2. The van der Waals surface area contributed by atoms with Gasteiger partial charge in [-0.2, -0.15) is 5.10 Å². The molecule has 0 spiro atoms. The molecule has 3 rings (SSSR count). The van der Waals surface area contributed by atoms with E-state index in [-0.39, 0.29) is 12.3 Å². The summed E-state index contributed by atoms with van der Waals surface area (Å²) in [5.41, 5.74) is 3.62. The van der Waals surface area contributed by atoms with E-state index in [1.54, 1.807) is 25.1 Å². The third-order valence-corrected chi connectivity index (χ3v) is 3.94. The molecule has 0 radical (unpaired) electrons. The lowest BCUT2D eigenvalue weighted by molar-refractivity contribution is -0.384. The van der Waals surface area contributed by atoms with Crippen LogP contribution in [0.4, 0.5) is 5.69 Å². The average molecular weight is 363 g/mol. The first-order chi connectivity index (χ1) is 13.0. The highest BCUT2D eigenvalue weighted by atomic mass is 16.6. The van der Waals surface area contributed by atoms with Crippen molar-refractivity contribution >= 4 is 28.1 Å². The molecule has 0 atom stereocenters. The van der Waals surface area contributed by atoms with Gasteiger partial charge in [0.2, 0.25) is 0 Å². The monoisotopic (exact) mass is 363 g/mol. The number of ether oxygens (including phenoxy) is 1. The predicted molar refractivity (Wildman–Crippen MR) is 103 cm³/mol. The van der Waals surface area contributed by atoms with Crippen molar-refractivity contribution in [1.29, 1.82) is 0 Å². The number of nitro groups is 1. The van der Waals surface area contributed by atoms with Gasteiger partial charge in [-0.1, -0.05) is 30.3 Å². The molecule has 27 heavy (non-hydrogen) atoms. The van der Waals surface area contributed by atoms with Crippen molar-refractivity contribution in [3.8, 4) is 5.75 Å². The molecular formula is C20H17N3O4. The van der Waals surface area contributed by atoms with Gasteiger partial charge in [0.15, 0.2) is 6.61 Å². The van der Waals surface area contributed by atoms with E-state index in [4.69, 9.17) is 4.74 Å². The summed E-state index contributed by atoms with van der Waals surface area (Å²) in [6.07, 6.45) is 0. The normalized spacial score (nSPS) is 11.2. The number of benzene rings is 3. The SMILES string of the molecule is C/C(=N/NC(=O)COc1ccc2ccccc2c1)c1ccc([N+](=O)[O-])cc1. The molecule has 0 aliphatic carbocycles. The lowest BCUT2D eigenvalue weighted by Crippen LogP contribution is -2.25. The molecule has 0 unspecified atom stereocenters. The van der Waals surface area contributed by atoms with Crippen LogP contribution in [0.2, 0.25) is 0 Å². The summed E-state index contributed by atoms with van der Waals surface area (Å²) < 4.78 is 5.50. The number of hydrogen-bond donors (Lipinski definition) is 1. The van der Waals surface area contributed by atoms with Gasteiger partial charge in [0.1, 0.15) is 5.75 Å². The van der Waals surface area contributed by atoms with Gasteiger partial charge in [0.25, 0.3) is 11.6 Å². The molecule has 0 heterocycles. The van der Waals surface area contributed by atoms with Gasteiger partial charge in [-0.05, 0) is 47.5 Å². The summed E-state index contributed by atoms with van der Waals surface area (Å²) in [6.45, 7) is 1.53. The van der Waals surface area contributed by atoms with Crippen molar-refractivity contribution < 1.29 is 14.5 Å². The molecular weight excluding hydrogens is 346 g/mol. The Bertz CT molecular complexity index is 1010. The van der Waals surface area contributed by atoms with E-state index in [1.165, 1.54) is 12.1 Å². The first kappa shape index (κ1) is 18.1. The van der Waals surface area contributed by atoms with Crippen LogP contribution >= 0.6 is 0 Å². The number of nitrogens with one attached hydrogen (secondary N) is 1. The smallest absolute Gasteiger partial charge is 0.277 e. The highest BCUT2D eigenvalue weighted by Crippen LogP contribution is 2.20. The summed E-state index contributed by atoms with van der Waals surface area (Å²) in [7, 11) is 0. The molecule has 0 saturated carbocycles. The summed E-state index contributed by atoms with van der Waals surface area (Å²) in [5.74, 6) is 0.198. The first-order valence-corrected chi connectivity index (χ1v) is 8.22. The molecule has 0 fully saturated rings. The van der Waals surface area contributed by atoms with E-state index in [0.29, 0.717) is 17.0 Å². The van der Waals surface area contributed by atoms with E-state index >= 15 is 0 Å². The number of rotatable bonds is 6. The quantitative estimate of drug-likeness (QED) is 0.411. The second kappa shape index (κ2) is 8.09. The fraction of sp³-hybridized carbons (Fsp3) is 0.100. The minimum Gasteiger partial charge on any atom is -0.484 e. The van der Waals surface area contributed by atoms with Crippen molar-refractivity contribution in [3.05, 3.63) is 82.4 Å². The van der Waals surface area contributed by atoms with Crippen LogP contribution in [0.1, 0.15) is 12.5 Å². The van der Waals surface area contributed by atoms with Gasteiger partial charge < -0.3 is 4.74 Å². The summed E-state index contributed by atoms with van der Waals surface area (Å²) in [5, 5.41) is 16.8. The Morgan fingerprint density at radius 3 is 2.48 bits per heavy atom. The topological polar surface area (TPSA) is 93.8 Å². The Morgan fingerprint density at radius 1 is 1.07 bits per heavy atom. The third-order valence-electron chi connectivity index (χ3n) is 3.94. The Morgan fingerprint density at radius 2 is 1.78 bits per heavy atom. The first-order valence-electron chi connectivity index (χ1n) is 8.22. The number of non-ortho nitro benzene ring substituents is 1. The number of nitro benzene ring substituents is 1. The van der Waals surface area contributed by atoms with Crippen LogP contribution in [-0.2, 0) is 4.79 Å². The molecule has 0 aliphatic heterocycles. The zero-order chi connectivity index (χ0) is 19.2. The van der Waals surface area contributed by atoms with E-state index in [0.717, 1.165) is 10.8 Å². The number of hydrazone groups is 1. The minimum absolute atomic E-state index is 0.000583. The average Bonchev–Trinajstić information content (AvgIpc) is 2.70. The standard InChI is InChI=1S/C20H17N3O4/c1-14(15-6-9-18(10-7-15)23(25)26)21-22-20(24)13-27-19-11-8-16-4-2-3-5-17(16)12-19/h2-12H,13H2,1H3,(H,22,24)/b21-14-. The fourth-order valence-electron chi connectivity index (χ4n) is 2.47. The molecule has 7 nitrogen and oxygen atoms in total.